The summed E-state index contributed by atoms with van der Waals surface area (Å²) in [7, 11) is 2.02. The molecule has 0 bridgehead atoms. The lowest BCUT2D eigenvalue weighted by molar-refractivity contribution is 0.581. The molecule has 0 atom stereocenters. The molecule has 0 unspecified atom stereocenters. The van der Waals surface area contributed by atoms with E-state index in [1.807, 2.05) is 56.4 Å². The molecule has 2 aromatic carbocycles. The van der Waals surface area contributed by atoms with Crippen molar-refractivity contribution in [1.82, 2.24) is 19.5 Å². The van der Waals surface area contributed by atoms with Gasteiger partial charge in [-0.25, -0.2) is 17.8 Å². The number of aromatic nitrogens is 3. The second-order valence-corrected chi connectivity index (χ2v) is 7.85. The Labute approximate surface area is 153 Å². The van der Waals surface area contributed by atoms with Crippen molar-refractivity contribution < 1.29 is 8.42 Å². The van der Waals surface area contributed by atoms with E-state index in [0.717, 1.165) is 17.1 Å². The third-order valence-corrected chi connectivity index (χ3v) is 5.29. The van der Waals surface area contributed by atoms with E-state index in [9.17, 15) is 8.42 Å². The third kappa shape index (κ3) is 3.92. The van der Waals surface area contributed by atoms with Crippen LogP contribution in [0.25, 0.3) is 11.4 Å². The van der Waals surface area contributed by atoms with Crippen LogP contribution in [0.3, 0.4) is 0 Å². The maximum atomic E-state index is 12.4. The fourth-order valence-electron chi connectivity index (χ4n) is 2.53. The molecule has 1 heterocycles. The van der Waals surface area contributed by atoms with Gasteiger partial charge in [0.25, 0.3) is 0 Å². The van der Waals surface area contributed by atoms with Gasteiger partial charge in [-0.05, 0) is 29.8 Å². The summed E-state index contributed by atoms with van der Waals surface area (Å²) in [6, 6.07) is 16.0. The molecule has 26 heavy (non-hydrogen) atoms. The summed E-state index contributed by atoms with van der Waals surface area (Å²) in [5.74, 6) is 1.28. The second kappa shape index (κ2) is 7.27. The molecule has 1 N–H and O–H groups in total. The predicted molar refractivity (Wildman–Crippen MR) is 101 cm³/mol. The van der Waals surface area contributed by atoms with Crippen LogP contribution < -0.4 is 9.62 Å². The van der Waals surface area contributed by atoms with Crippen molar-refractivity contribution in [2.75, 3.05) is 19.0 Å². The van der Waals surface area contributed by atoms with Crippen molar-refractivity contribution in [2.45, 2.75) is 11.4 Å². The Balaban J connectivity index is 1.77. The summed E-state index contributed by atoms with van der Waals surface area (Å²) in [6.45, 7) is 0.249. The van der Waals surface area contributed by atoms with Crippen LogP contribution in [0, 0.1) is 0 Å². The van der Waals surface area contributed by atoms with Gasteiger partial charge in [0.15, 0.2) is 5.82 Å². The van der Waals surface area contributed by atoms with E-state index in [1.165, 1.54) is 0 Å². The normalized spacial score (nSPS) is 11.5. The lowest BCUT2D eigenvalue weighted by Gasteiger charge is -2.08. The molecule has 136 valence electrons. The molecule has 0 amide bonds. The average molecular weight is 371 g/mol. The van der Waals surface area contributed by atoms with Crippen LogP contribution in [0.5, 0.6) is 0 Å². The molecule has 3 aromatic rings. The Bertz CT molecular complexity index is 980. The van der Waals surface area contributed by atoms with Crippen molar-refractivity contribution in [3.8, 4) is 11.4 Å². The third-order valence-electron chi connectivity index (χ3n) is 3.87. The van der Waals surface area contributed by atoms with E-state index >= 15 is 0 Å². The highest BCUT2D eigenvalue weighted by atomic mass is 32.2. The number of rotatable bonds is 6. The van der Waals surface area contributed by atoms with Crippen molar-refractivity contribution >= 4 is 16.0 Å². The maximum absolute atomic E-state index is 12.4. The molecule has 1 aromatic heterocycles. The number of aryl methyl sites for hydroxylation is 1. The first-order chi connectivity index (χ1) is 12.4. The van der Waals surface area contributed by atoms with Gasteiger partial charge in [0, 0.05) is 33.3 Å². The summed E-state index contributed by atoms with van der Waals surface area (Å²) < 4.78 is 29.2. The quantitative estimate of drug-likeness (QED) is 0.717. The SMILES string of the molecule is CN(C)c1nc(-c2ccc(S(=O)(=O)NCc3ccccc3)cc2)nn1C. The number of benzene rings is 2. The van der Waals surface area contributed by atoms with Crippen molar-refractivity contribution in [2.24, 2.45) is 7.05 Å². The number of hydrogen-bond acceptors (Lipinski definition) is 5. The molecule has 0 spiro atoms. The Kier molecular flexibility index (Phi) is 5.06. The van der Waals surface area contributed by atoms with Gasteiger partial charge in [-0.1, -0.05) is 30.3 Å². The zero-order chi connectivity index (χ0) is 18.7. The Morgan fingerprint density at radius 2 is 1.69 bits per heavy atom. The fraction of sp³-hybridized carbons (Fsp3) is 0.222. The summed E-state index contributed by atoms with van der Waals surface area (Å²) in [4.78, 5) is 6.53. The lowest BCUT2D eigenvalue weighted by atomic mass is 10.2. The summed E-state index contributed by atoms with van der Waals surface area (Å²) >= 11 is 0. The lowest BCUT2D eigenvalue weighted by Crippen LogP contribution is -2.23. The van der Waals surface area contributed by atoms with Crippen LogP contribution in [-0.2, 0) is 23.6 Å². The van der Waals surface area contributed by atoms with Crippen molar-refractivity contribution in [1.29, 1.82) is 0 Å². The minimum Gasteiger partial charge on any atom is -0.347 e. The van der Waals surface area contributed by atoms with Gasteiger partial charge in [-0.3, -0.25) is 0 Å². The highest BCUT2D eigenvalue weighted by molar-refractivity contribution is 7.89. The zero-order valence-electron chi connectivity index (χ0n) is 14.9. The molecule has 0 fully saturated rings. The summed E-state index contributed by atoms with van der Waals surface area (Å²) in [5, 5.41) is 4.37. The van der Waals surface area contributed by atoms with Crippen LogP contribution in [0.1, 0.15) is 5.56 Å². The first kappa shape index (κ1) is 18.1. The first-order valence-corrected chi connectivity index (χ1v) is 9.57. The maximum Gasteiger partial charge on any atom is 0.240 e. The number of hydrogen-bond donors (Lipinski definition) is 1. The van der Waals surface area contributed by atoms with Crippen LogP contribution in [0.2, 0.25) is 0 Å². The average Bonchev–Trinajstić information content (AvgIpc) is 3.03. The zero-order valence-corrected chi connectivity index (χ0v) is 15.7. The molecule has 0 saturated heterocycles. The van der Waals surface area contributed by atoms with Gasteiger partial charge in [0.05, 0.1) is 4.90 Å². The van der Waals surface area contributed by atoms with Gasteiger partial charge >= 0.3 is 0 Å². The van der Waals surface area contributed by atoms with E-state index in [0.29, 0.717) is 5.82 Å². The van der Waals surface area contributed by atoms with Gasteiger partial charge in [-0.15, -0.1) is 5.10 Å². The first-order valence-electron chi connectivity index (χ1n) is 8.09. The molecule has 0 saturated carbocycles. The van der Waals surface area contributed by atoms with Crippen LogP contribution in [-0.4, -0.2) is 37.3 Å². The smallest absolute Gasteiger partial charge is 0.240 e. The second-order valence-electron chi connectivity index (χ2n) is 6.09. The largest absolute Gasteiger partial charge is 0.347 e. The van der Waals surface area contributed by atoms with Gasteiger partial charge in [0.1, 0.15) is 0 Å². The molecule has 0 aliphatic heterocycles. The molecule has 0 aliphatic carbocycles. The van der Waals surface area contributed by atoms with Crippen LogP contribution in [0.4, 0.5) is 5.95 Å². The van der Waals surface area contributed by atoms with Crippen molar-refractivity contribution in [3.63, 3.8) is 0 Å². The Morgan fingerprint density at radius 3 is 2.27 bits per heavy atom. The standard InChI is InChI=1S/C18H21N5O2S/c1-22(2)18-20-17(21-23(18)3)15-9-11-16(12-10-15)26(24,25)19-13-14-7-5-4-6-8-14/h4-12,19H,13H2,1-3H3. The van der Waals surface area contributed by atoms with Crippen LogP contribution in [0.15, 0.2) is 59.5 Å². The predicted octanol–water partition coefficient (Wildman–Crippen LogP) is 2.03. The van der Waals surface area contributed by atoms with Gasteiger partial charge in [-0.2, -0.15) is 4.98 Å². The monoisotopic (exact) mass is 371 g/mol. The molecule has 0 radical (unpaired) electrons. The van der Waals surface area contributed by atoms with Gasteiger partial charge in [0.2, 0.25) is 16.0 Å². The molecular formula is C18H21N5O2S. The number of sulfonamides is 1. The molecule has 8 heteroatoms. The van der Waals surface area contributed by atoms with Crippen LogP contribution >= 0.6 is 0 Å². The molecule has 3 rings (SSSR count). The van der Waals surface area contributed by atoms with E-state index in [1.54, 1.807) is 28.9 Å². The topological polar surface area (TPSA) is 80.1 Å². The fourth-order valence-corrected chi connectivity index (χ4v) is 3.55. The summed E-state index contributed by atoms with van der Waals surface area (Å²) in [5.41, 5.74) is 1.66. The molecular weight excluding hydrogens is 350 g/mol. The van der Waals surface area contributed by atoms with Gasteiger partial charge < -0.3 is 4.90 Å². The van der Waals surface area contributed by atoms with E-state index in [2.05, 4.69) is 14.8 Å². The highest BCUT2D eigenvalue weighted by Gasteiger charge is 2.15. The van der Waals surface area contributed by atoms with Crippen molar-refractivity contribution in [3.05, 3.63) is 60.2 Å². The molecule has 7 nitrogen and oxygen atoms in total. The number of anilines is 1. The van der Waals surface area contributed by atoms with E-state index in [4.69, 9.17) is 0 Å². The summed E-state index contributed by atoms with van der Waals surface area (Å²) in [6.07, 6.45) is 0. The van der Waals surface area contributed by atoms with E-state index < -0.39 is 10.0 Å². The minimum atomic E-state index is -3.58. The Hall–Kier alpha value is -2.71. The number of nitrogens with one attached hydrogen (secondary N) is 1. The Morgan fingerprint density at radius 1 is 1.04 bits per heavy atom. The van der Waals surface area contributed by atoms with E-state index in [-0.39, 0.29) is 11.4 Å². The minimum absolute atomic E-state index is 0.209. The number of nitrogens with zero attached hydrogens (tertiary/aromatic N) is 4. The highest BCUT2D eigenvalue weighted by Crippen LogP contribution is 2.20. The molecule has 0 aliphatic rings.